The van der Waals surface area contributed by atoms with Crippen molar-refractivity contribution in [3.8, 4) is 5.75 Å². The zero-order valence-electron chi connectivity index (χ0n) is 9.77. The summed E-state index contributed by atoms with van der Waals surface area (Å²) in [6.07, 6.45) is 1.55. The average Bonchev–Trinajstić information content (AvgIpc) is 2.28. The van der Waals surface area contributed by atoms with Crippen molar-refractivity contribution < 1.29 is 9.53 Å². The van der Waals surface area contributed by atoms with Crippen LogP contribution in [0.25, 0.3) is 0 Å². The number of hydrogen-bond acceptors (Lipinski definition) is 2. The average molecular weight is 219 g/mol. The van der Waals surface area contributed by atoms with Crippen LogP contribution in [0.3, 0.4) is 0 Å². The molecule has 0 fully saturated rings. The Labute approximate surface area is 96.0 Å². The summed E-state index contributed by atoms with van der Waals surface area (Å²) in [5, 5.41) is 0. The maximum atomic E-state index is 12.0. The highest BCUT2D eigenvalue weighted by atomic mass is 16.5. The molecule has 0 radical (unpaired) electrons. The van der Waals surface area contributed by atoms with Crippen LogP contribution in [-0.2, 0) is 4.79 Å². The predicted octanol–water partition coefficient (Wildman–Crippen LogP) is 2.60. The van der Waals surface area contributed by atoms with Gasteiger partial charge >= 0.3 is 0 Å². The van der Waals surface area contributed by atoms with Gasteiger partial charge in [0.1, 0.15) is 11.9 Å². The smallest absolute Gasteiger partial charge is 0.227 e. The van der Waals surface area contributed by atoms with Gasteiger partial charge in [-0.15, -0.1) is 0 Å². The minimum absolute atomic E-state index is 0.0655. The summed E-state index contributed by atoms with van der Waals surface area (Å²) in [7, 11) is 0. The molecule has 1 heterocycles. The zero-order chi connectivity index (χ0) is 11.5. The van der Waals surface area contributed by atoms with E-state index in [-0.39, 0.29) is 12.0 Å². The van der Waals surface area contributed by atoms with Crippen molar-refractivity contribution in [1.29, 1.82) is 0 Å². The highest BCUT2D eigenvalue weighted by Gasteiger charge is 2.26. The number of para-hydroxylation sites is 2. The van der Waals surface area contributed by atoms with Crippen molar-refractivity contribution in [3.63, 3.8) is 0 Å². The first-order valence-corrected chi connectivity index (χ1v) is 5.78. The molecule has 1 aliphatic rings. The molecule has 0 aliphatic carbocycles. The van der Waals surface area contributed by atoms with Gasteiger partial charge in [-0.2, -0.15) is 0 Å². The van der Waals surface area contributed by atoms with Gasteiger partial charge < -0.3 is 9.64 Å². The Morgan fingerprint density at radius 1 is 1.50 bits per heavy atom. The number of benzene rings is 1. The van der Waals surface area contributed by atoms with Crippen LogP contribution in [0.1, 0.15) is 26.7 Å². The van der Waals surface area contributed by atoms with Crippen molar-refractivity contribution in [2.75, 3.05) is 11.4 Å². The molecule has 16 heavy (non-hydrogen) atoms. The van der Waals surface area contributed by atoms with Crippen LogP contribution in [0.5, 0.6) is 5.75 Å². The summed E-state index contributed by atoms with van der Waals surface area (Å²) >= 11 is 0. The molecule has 1 unspecified atom stereocenters. The molecule has 1 aromatic carbocycles. The molecule has 1 aliphatic heterocycles. The third-order valence-corrected chi connectivity index (χ3v) is 2.69. The Bertz CT molecular complexity index is 389. The molecule has 0 saturated carbocycles. The first-order chi connectivity index (χ1) is 7.72. The Hall–Kier alpha value is -1.51. The molecule has 0 aromatic heterocycles. The zero-order valence-corrected chi connectivity index (χ0v) is 9.77. The van der Waals surface area contributed by atoms with E-state index in [1.54, 1.807) is 0 Å². The maximum Gasteiger partial charge on any atom is 0.227 e. The highest BCUT2D eigenvalue weighted by Crippen LogP contribution is 2.33. The van der Waals surface area contributed by atoms with Gasteiger partial charge in [-0.3, -0.25) is 4.79 Å². The summed E-state index contributed by atoms with van der Waals surface area (Å²) in [5.41, 5.74) is 0.902. The molecule has 0 saturated heterocycles. The van der Waals surface area contributed by atoms with Crippen molar-refractivity contribution in [1.82, 2.24) is 0 Å². The predicted molar refractivity (Wildman–Crippen MR) is 63.8 cm³/mol. The number of carbonyl (C=O) groups is 1. The second kappa shape index (κ2) is 4.56. The first kappa shape index (κ1) is 11.0. The van der Waals surface area contributed by atoms with Crippen LogP contribution in [0, 0.1) is 0 Å². The third-order valence-electron chi connectivity index (χ3n) is 2.69. The van der Waals surface area contributed by atoms with Crippen LogP contribution in [0.15, 0.2) is 24.3 Å². The lowest BCUT2D eigenvalue weighted by atomic mass is 10.1. The topological polar surface area (TPSA) is 29.5 Å². The van der Waals surface area contributed by atoms with Gasteiger partial charge in [0, 0.05) is 6.42 Å². The summed E-state index contributed by atoms with van der Waals surface area (Å²) in [6, 6.07) is 7.72. The van der Waals surface area contributed by atoms with Gasteiger partial charge in [0.2, 0.25) is 5.91 Å². The molecule has 1 amide bonds. The first-order valence-electron chi connectivity index (χ1n) is 5.78. The molecule has 0 bridgehead atoms. The fourth-order valence-electron chi connectivity index (χ4n) is 1.97. The second-order valence-corrected chi connectivity index (χ2v) is 4.15. The van der Waals surface area contributed by atoms with Gasteiger partial charge in [-0.05, 0) is 25.5 Å². The van der Waals surface area contributed by atoms with Crippen LogP contribution in [0.4, 0.5) is 5.69 Å². The van der Waals surface area contributed by atoms with Crippen LogP contribution in [-0.4, -0.2) is 18.6 Å². The van der Waals surface area contributed by atoms with Crippen molar-refractivity contribution in [2.24, 2.45) is 0 Å². The summed E-state index contributed by atoms with van der Waals surface area (Å²) in [5.74, 6) is 0.996. The number of hydrogen-bond donors (Lipinski definition) is 0. The van der Waals surface area contributed by atoms with Crippen molar-refractivity contribution >= 4 is 11.6 Å². The third kappa shape index (κ3) is 2.03. The molecule has 1 aromatic rings. The second-order valence-electron chi connectivity index (χ2n) is 4.15. The largest absolute Gasteiger partial charge is 0.487 e. The van der Waals surface area contributed by atoms with E-state index < -0.39 is 0 Å². The van der Waals surface area contributed by atoms with E-state index in [0.29, 0.717) is 13.0 Å². The number of ether oxygens (including phenoxy) is 1. The van der Waals surface area contributed by atoms with Crippen LogP contribution in [0.2, 0.25) is 0 Å². The number of amides is 1. The quantitative estimate of drug-likeness (QED) is 0.765. The fraction of sp³-hybridized carbons (Fsp3) is 0.462. The molecular weight excluding hydrogens is 202 g/mol. The van der Waals surface area contributed by atoms with Gasteiger partial charge in [-0.25, -0.2) is 0 Å². The van der Waals surface area contributed by atoms with E-state index in [2.05, 4.69) is 0 Å². The summed E-state index contributed by atoms with van der Waals surface area (Å²) < 4.78 is 5.70. The Morgan fingerprint density at radius 3 is 3.00 bits per heavy atom. The fourth-order valence-corrected chi connectivity index (χ4v) is 1.97. The number of nitrogens with zero attached hydrogens (tertiary/aromatic N) is 1. The monoisotopic (exact) mass is 219 g/mol. The lowest BCUT2D eigenvalue weighted by Gasteiger charge is -2.33. The lowest BCUT2D eigenvalue weighted by molar-refractivity contribution is -0.119. The number of fused-ring (bicyclic) bond motifs is 1. The van der Waals surface area contributed by atoms with E-state index in [4.69, 9.17) is 4.74 Å². The van der Waals surface area contributed by atoms with Crippen LogP contribution >= 0.6 is 0 Å². The van der Waals surface area contributed by atoms with E-state index in [0.717, 1.165) is 17.9 Å². The molecule has 0 spiro atoms. The van der Waals surface area contributed by atoms with Crippen molar-refractivity contribution in [3.05, 3.63) is 24.3 Å². The van der Waals surface area contributed by atoms with Gasteiger partial charge in [-0.1, -0.05) is 19.1 Å². The Kier molecular flexibility index (Phi) is 3.13. The molecule has 86 valence electrons. The minimum atomic E-state index is 0.0655. The molecular formula is C13H17NO2. The number of anilines is 1. The van der Waals surface area contributed by atoms with Crippen molar-refractivity contribution in [2.45, 2.75) is 32.8 Å². The van der Waals surface area contributed by atoms with E-state index in [1.165, 1.54) is 0 Å². The molecule has 2 rings (SSSR count). The summed E-state index contributed by atoms with van der Waals surface area (Å²) in [4.78, 5) is 13.8. The van der Waals surface area contributed by atoms with E-state index in [9.17, 15) is 4.79 Å². The van der Waals surface area contributed by atoms with Gasteiger partial charge in [0.25, 0.3) is 0 Å². The Morgan fingerprint density at radius 2 is 2.25 bits per heavy atom. The molecule has 1 atom stereocenters. The summed E-state index contributed by atoms with van der Waals surface area (Å²) in [6.45, 7) is 4.66. The van der Waals surface area contributed by atoms with E-state index in [1.807, 2.05) is 43.0 Å². The minimum Gasteiger partial charge on any atom is -0.487 e. The van der Waals surface area contributed by atoms with Crippen LogP contribution < -0.4 is 9.64 Å². The number of rotatable bonds is 2. The lowest BCUT2D eigenvalue weighted by Crippen LogP contribution is -2.42. The number of carbonyl (C=O) groups excluding carboxylic acids is 1. The Balaban J connectivity index is 2.30. The van der Waals surface area contributed by atoms with E-state index >= 15 is 0 Å². The maximum absolute atomic E-state index is 12.0. The normalized spacial score (nSPS) is 18.9. The van der Waals surface area contributed by atoms with Gasteiger partial charge in [0.15, 0.2) is 0 Å². The standard InChI is InChI=1S/C13H17NO2/c1-3-6-13(15)14-9-10(2)16-12-8-5-4-7-11(12)14/h4-5,7-8,10H,3,6,9H2,1-2H3. The molecule has 3 heteroatoms. The molecule has 0 N–H and O–H groups in total. The molecule has 3 nitrogen and oxygen atoms in total. The highest BCUT2D eigenvalue weighted by molar-refractivity contribution is 5.95. The van der Waals surface area contributed by atoms with Gasteiger partial charge in [0.05, 0.1) is 12.2 Å². The SMILES string of the molecule is CCCC(=O)N1CC(C)Oc2ccccc21.